The number of nitrogens with zero attached hydrogens (tertiary/aromatic N) is 1. The molecule has 0 aromatic heterocycles. The van der Waals surface area contributed by atoms with Crippen LogP contribution in [0.2, 0.25) is 0 Å². The summed E-state index contributed by atoms with van der Waals surface area (Å²) in [5.41, 5.74) is 7.14. The molecule has 0 bridgehead atoms. The van der Waals surface area contributed by atoms with Crippen LogP contribution in [0.4, 0.5) is 0 Å². The molecule has 1 aromatic carbocycles. The molecule has 0 aliphatic heterocycles. The highest BCUT2D eigenvalue weighted by atomic mass is 32.2. The Hall–Kier alpha value is -0.960. The summed E-state index contributed by atoms with van der Waals surface area (Å²) in [5.74, 6) is 2.08. The fraction of sp³-hybridized carbons (Fsp3) is 0.462. The summed E-state index contributed by atoms with van der Waals surface area (Å²) in [4.78, 5) is 5.62. The van der Waals surface area contributed by atoms with Gasteiger partial charge in [0, 0.05) is 11.4 Å². The van der Waals surface area contributed by atoms with Crippen LogP contribution in [0, 0.1) is 12.8 Å². The lowest BCUT2D eigenvalue weighted by molar-refractivity contribution is 0.665. The van der Waals surface area contributed by atoms with Crippen molar-refractivity contribution in [2.24, 2.45) is 16.6 Å². The number of hydrogen-bond donors (Lipinski definition) is 1. The molecule has 0 radical (unpaired) electrons. The van der Waals surface area contributed by atoms with Gasteiger partial charge in [0.15, 0.2) is 0 Å². The van der Waals surface area contributed by atoms with Crippen molar-refractivity contribution in [2.45, 2.75) is 25.7 Å². The first-order chi connectivity index (χ1) is 7.59. The zero-order chi connectivity index (χ0) is 12.0. The van der Waals surface area contributed by atoms with Crippen LogP contribution in [-0.2, 0) is 0 Å². The number of benzene rings is 1. The van der Waals surface area contributed by atoms with E-state index in [1.807, 2.05) is 0 Å². The van der Waals surface area contributed by atoms with Crippen molar-refractivity contribution in [2.75, 3.05) is 12.3 Å². The predicted octanol–water partition coefficient (Wildman–Crippen LogP) is 3.10. The van der Waals surface area contributed by atoms with Gasteiger partial charge in [-0.3, -0.25) is 4.99 Å². The molecule has 1 rings (SSSR count). The fourth-order valence-electron chi connectivity index (χ4n) is 1.22. The third-order valence-electron chi connectivity index (χ3n) is 2.13. The van der Waals surface area contributed by atoms with E-state index < -0.39 is 0 Å². The van der Waals surface area contributed by atoms with E-state index in [0.29, 0.717) is 5.92 Å². The summed E-state index contributed by atoms with van der Waals surface area (Å²) in [5, 5.41) is 0. The minimum absolute atomic E-state index is 0.571. The highest BCUT2D eigenvalue weighted by Gasteiger charge is 2.00. The van der Waals surface area contributed by atoms with Crippen molar-refractivity contribution in [1.82, 2.24) is 0 Å². The molecule has 2 N–H and O–H groups in total. The Morgan fingerprint density at radius 2 is 2.06 bits per heavy atom. The molecule has 3 heteroatoms. The van der Waals surface area contributed by atoms with E-state index in [9.17, 15) is 0 Å². The molecule has 0 unspecified atom stereocenters. The van der Waals surface area contributed by atoms with Crippen LogP contribution in [-0.4, -0.2) is 18.1 Å². The van der Waals surface area contributed by atoms with Gasteiger partial charge in [-0.1, -0.05) is 32.0 Å². The third kappa shape index (κ3) is 4.71. The second-order valence-electron chi connectivity index (χ2n) is 4.28. The Morgan fingerprint density at radius 3 is 2.69 bits per heavy atom. The summed E-state index contributed by atoms with van der Waals surface area (Å²) < 4.78 is 0. The second-order valence-corrected chi connectivity index (χ2v) is 5.30. The molecule has 88 valence electrons. The highest BCUT2D eigenvalue weighted by Crippen LogP contribution is 2.21. The van der Waals surface area contributed by atoms with Crippen LogP contribution in [0.15, 0.2) is 34.2 Å². The van der Waals surface area contributed by atoms with Gasteiger partial charge < -0.3 is 5.73 Å². The number of aliphatic imine (C=N–C) groups is 1. The van der Waals surface area contributed by atoms with Gasteiger partial charge in [0.2, 0.25) is 0 Å². The van der Waals surface area contributed by atoms with E-state index >= 15 is 0 Å². The molecule has 0 heterocycles. The zero-order valence-electron chi connectivity index (χ0n) is 10.2. The molecule has 16 heavy (non-hydrogen) atoms. The van der Waals surface area contributed by atoms with Gasteiger partial charge >= 0.3 is 0 Å². The molecule has 0 amide bonds. The normalized spacial score (nSPS) is 12.1. The summed E-state index contributed by atoms with van der Waals surface area (Å²) >= 11 is 1.75. The van der Waals surface area contributed by atoms with Crippen LogP contribution >= 0.6 is 11.8 Å². The minimum atomic E-state index is 0.571. The number of nitrogens with two attached hydrogens (primary N) is 1. The van der Waals surface area contributed by atoms with Crippen LogP contribution < -0.4 is 5.73 Å². The van der Waals surface area contributed by atoms with Gasteiger partial charge in [0.1, 0.15) is 5.84 Å². The Kier molecular flexibility index (Phi) is 5.39. The molecule has 0 atom stereocenters. The van der Waals surface area contributed by atoms with Gasteiger partial charge in [-0.2, -0.15) is 0 Å². The minimum Gasteiger partial charge on any atom is -0.387 e. The summed E-state index contributed by atoms with van der Waals surface area (Å²) in [6.45, 7) is 7.22. The Bertz CT molecular complexity index is 359. The lowest BCUT2D eigenvalue weighted by atomic mass is 10.2. The largest absolute Gasteiger partial charge is 0.387 e. The van der Waals surface area contributed by atoms with Crippen LogP contribution in [0.1, 0.15) is 19.4 Å². The second kappa shape index (κ2) is 6.59. The monoisotopic (exact) mass is 236 g/mol. The van der Waals surface area contributed by atoms with E-state index in [-0.39, 0.29) is 0 Å². The third-order valence-corrected chi connectivity index (χ3v) is 3.34. The van der Waals surface area contributed by atoms with Crippen LogP contribution in [0.25, 0.3) is 0 Å². The molecule has 0 aliphatic rings. The molecular formula is C13H20N2S. The summed E-state index contributed by atoms with van der Waals surface area (Å²) in [6.07, 6.45) is 0. The molecule has 0 aliphatic carbocycles. The molecule has 2 nitrogen and oxygen atoms in total. The maximum atomic E-state index is 5.85. The SMILES string of the molecule is Cc1ccccc1SCC(N)=NCC(C)C. The topological polar surface area (TPSA) is 38.4 Å². The van der Waals surface area contributed by atoms with E-state index in [4.69, 9.17) is 5.73 Å². The molecule has 0 saturated heterocycles. The van der Waals surface area contributed by atoms with Gasteiger partial charge in [-0.05, 0) is 24.5 Å². The van der Waals surface area contributed by atoms with Crippen LogP contribution in [0.5, 0.6) is 0 Å². The summed E-state index contributed by atoms with van der Waals surface area (Å²) in [6, 6.07) is 8.34. The lowest BCUT2D eigenvalue weighted by Gasteiger charge is -2.05. The Morgan fingerprint density at radius 1 is 1.38 bits per heavy atom. The number of rotatable bonds is 5. The van der Waals surface area contributed by atoms with Gasteiger partial charge in [-0.15, -0.1) is 11.8 Å². The lowest BCUT2D eigenvalue weighted by Crippen LogP contribution is -2.16. The number of hydrogen-bond acceptors (Lipinski definition) is 2. The Labute approximate surface area is 102 Å². The molecule has 0 fully saturated rings. The molecule has 0 saturated carbocycles. The van der Waals surface area contributed by atoms with Crippen molar-refractivity contribution in [3.05, 3.63) is 29.8 Å². The fourth-order valence-corrected chi connectivity index (χ4v) is 2.08. The van der Waals surface area contributed by atoms with Crippen molar-refractivity contribution in [1.29, 1.82) is 0 Å². The maximum absolute atomic E-state index is 5.85. The molecular weight excluding hydrogens is 216 g/mol. The smallest absolute Gasteiger partial charge is 0.104 e. The van der Waals surface area contributed by atoms with Crippen molar-refractivity contribution >= 4 is 17.6 Å². The first-order valence-electron chi connectivity index (χ1n) is 5.57. The predicted molar refractivity (Wildman–Crippen MR) is 73.2 cm³/mol. The van der Waals surface area contributed by atoms with Crippen LogP contribution in [0.3, 0.4) is 0 Å². The quantitative estimate of drug-likeness (QED) is 0.484. The maximum Gasteiger partial charge on any atom is 0.104 e. The Balaban J connectivity index is 2.46. The first kappa shape index (κ1) is 13.1. The molecule has 1 aromatic rings. The highest BCUT2D eigenvalue weighted by molar-refractivity contribution is 8.00. The number of amidine groups is 1. The van der Waals surface area contributed by atoms with E-state index in [2.05, 4.69) is 50.0 Å². The zero-order valence-corrected chi connectivity index (χ0v) is 11.1. The van der Waals surface area contributed by atoms with Crippen molar-refractivity contribution in [3.63, 3.8) is 0 Å². The van der Waals surface area contributed by atoms with Gasteiger partial charge in [0.05, 0.1) is 5.75 Å². The van der Waals surface area contributed by atoms with Gasteiger partial charge in [-0.25, -0.2) is 0 Å². The van der Waals surface area contributed by atoms with E-state index in [0.717, 1.165) is 18.1 Å². The number of aryl methyl sites for hydroxylation is 1. The van der Waals surface area contributed by atoms with Gasteiger partial charge in [0.25, 0.3) is 0 Å². The van der Waals surface area contributed by atoms with Crippen molar-refractivity contribution < 1.29 is 0 Å². The molecule has 0 spiro atoms. The van der Waals surface area contributed by atoms with E-state index in [1.54, 1.807) is 11.8 Å². The van der Waals surface area contributed by atoms with Crippen molar-refractivity contribution in [3.8, 4) is 0 Å². The average molecular weight is 236 g/mol. The van der Waals surface area contributed by atoms with E-state index in [1.165, 1.54) is 10.5 Å². The standard InChI is InChI=1S/C13H20N2S/c1-10(2)8-15-13(14)9-16-12-7-5-4-6-11(12)3/h4-7,10H,8-9H2,1-3H3,(H2,14,15). The number of thioether (sulfide) groups is 1. The first-order valence-corrected chi connectivity index (χ1v) is 6.55. The average Bonchev–Trinajstić information content (AvgIpc) is 2.25. The summed E-state index contributed by atoms with van der Waals surface area (Å²) in [7, 11) is 0.